The van der Waals surface area contributed by atoms with Crippen molar-refractivity contribution in [3.63, 3.8) is 0 Å². The third kappa shape index (κ3) is 69.2. The van der Waals surface area contributed by atoms with E-state index in [-0.39, 0.29) is 19.1 Å². The molecule has 0 aliphatic rings. The fourth-order valence-electron chi connectivity index (χ4n) is 10.9. The lowest BCUT2D eigenvalue weighted by molar-refractivity contribution is -0.870. The predicted molar refractivity (Wildman–Crippen MR) is 378 cm³/mol. The molecule has 0 aliphatic heterocycles. The molecule has 0 saturated heterocycles. The van der Waals surface area contributed by atoms with E-state index in [1.54, 1.807) is 6.08 Å². The van der Waals surface area contributed by atoms with Gasteiger partial charge in [0, 0.05) is 6.42 Å². The number of likely N-dealkylation sites (N-methyl/N-ethyl adjacent to an activating group) is 1. The van der Waals surface area contributed by atoms with Crippen LogP contribution in [0.5, 0.6) is 0 Å². The number of rotatable bonds is 68. The average molecular weight is 1220 g/mol. The van der Waals surface area contributed by atoms with Gasteiger partial charge in [-0.2, -0.15) is 0 Å². The van der Waals surface area contributed by atoms with E-state index in [0.29, 0.717) is 17.4 Å². The first kappa shape index (κ1) is 83.7. The van der Waals surface area contributed by atoms with E-state index in [4.69, 9.17) is 9.05 Å². The van der Waals surface area contributed by atoms with E-state index in [0.717, 1.165) is 70.6 Å². The van der Waals surface area contributed by atoms with Gasteiger partial charge < -0.3 is 19.8 Å². The molecule has 0 spiro atoms. The number of phosphoric ester groups is 1. The minimum absolute atomic E-state index is 0.0532. The Morgan fingerprint density at radius 2 is 0.709 bits per heavy atom. The van der Waals surface area contributed by atoms with Gasteiger partial charge in [-0.3, -0.25) is 13.8 Å². The number of aliphatic hydroxyl groups excluding tert-OH is 1. The lowest BCUT2D eigenvalue weighted by Gasteiger charge is -2.25. The van der Waals surface area contributed by atoms with E-state index in [9.17, 15) is 19.4 Å². The van der Waals surface area contributed by atoms with Crippen LogP contribution in [-0.2, 0) is 18.4 Å². The van der Waals surface area contributed by atoms with Gasteiger partial charge in [-0.15, -0.1) is 0 Å². The molecular weight excluding hydrogens is 1080 g/mol. The molecule has 502 valence electrons. The number of carbonyl (C=O) groups excluding carboxylic acids is 1. The molecule has 0 aromatic heterocycles. The number of allylic oxidation sites excluding steroid dienone is 13. The topological polar surface area (TPSA) is 105 Å². The number of phosphoric acid groups is 1. The maximum Gasteiger partial charge on any atom is 0.472 e. The van der Waals surface area contributed by atoms with Crippen LogP contribution in [-0.4, -0.2) is 73.4 Å². The lowest BCUT2D eigenvalue weighted by Crippen LogP contribution is -2.45. The van der Waals surface area contributed by atoms with E-state index >= 15 is 0 Å². The SMILES string of the molecule is CC/C=C\C/C=C\C/C=C\C/C=C\CCCCCCCCCCCCCCCCCCCCCCCCCCCCC(=O)NC(COP(=O)(O)OCC[N+](C)(C)C)C(O)/C=C/CC/C=C/CC/C=C/CCCCCCCCCCCCCCCCC. The second kappa shape index (κ2) is 67.1. The molecule has 0 bridgehead atoms. The van der Waals surface area contributed by atoms with Gasteiger partial charge in [-0.05, 0) is 83.5 Å². The number of nitrogens with one attached hydrogen (secondary N) is 1. The van der Waals surface area contributed by atoms with Crippen LogP contribution in [0.25, 0.3) is 0 Å². The number of quaternary nitrogens is 1. The van der Waals surface area contributed by atoms with Gasteiger partial charge in [0.1, 0.15) is 13.2 Å². The third-order valence-electron chi connectivity index (χ3n) is 16.6. The molecule has 0 radical (unpaired) electrons. The minimum atomic E-state index is -4.37. The number of amides is 1. The summed E-state index contributed by atoms with van der Waals surface area (Å²) >= 11 is 0. The molecule has 0 rings (SSSR count). The van der Waals surface area contributed by atoms with Crippen molar-refractivity contribution in [2.45, 2.75) is 360 Å². The number of hydrogen-bond donors (Lipinski definition) is 3. The molecule has 3 atom stereocenters. The highest BCUT2D eigenvalue weighted by Gasteiger charge is 2.28. The summed E-state index contributed by atoms with van der Waals surface area (Å²) in [7, 11) is 1.56. The zero-order valence-electron chi connectivity index (χ0n) is 57.6. The molecule has 0 aromatic rings. The number of carbonyl (C=O) groups is 1. The minimum Gasteiger partial charge on any atom is -0.387 e. The predicted octanol–water partition coefficient (Wildman–Crippen LogP) is 23.9. The first-order valence-electron chi connectivity index (χ1n) is 37.0. The van der Waals surface area contributed by atoms with Crippen molar-refractivity contribution < 1.29 is 32.9 Å². The van der Waals surface area contributed by atoms with E-state index in [2.05, 4.69) is 92.1 Å². The van der Waals surface area contributed by atoms with Gasteiger partial charge in [0.15, 0.2) is 0 Å². The van der Waals surface area contributed by atoms with Gasteiger partial charge >= 0.3 is 7.82 Å². The van der Waals surface area contributed by atoms with Crippen molar-refractivity contribution >= 4 is 13.7 Å². The van der Waals surface area contributed by atoms with Crippen LogP contribution in [0.3, 0.4) is 0 Å². The first-order chi connectivity index (χ1) is 42.0. The summed E-state index contributed by atoms with van der Waals surface area (Å²) in [6.45, 7) is 4.71. The van der Waals surface area contributed by atoms with Crippen molar-refractivity contribution in [2.24, 2.45) is 0 Å². The summed E-state index contributed by atoms with van der Waals surface area (Å²) in [5.41, 5.74) is 0. The van der Waals surface area contributed by atoms with Crippen molar-refractivity contribution in [2.75, 3.05) is 40.9 Å². The fraction of sp³-hybridized carbons (Fsp3) is 0.805. The van der Waals surface area contributed by atoms with Gasteiger partial charge in [0.2, 0.25) is 5.91 Å². The van der Waals surface area contributed by atoms with Crippen LogP contribution in [0.2, 0.25) is 0 Å². The smallest absolute Gasteiger partial charge is 0.387 e. The molecule has 1 amide bonds. The first-order valence-corrected chi connectivity index (χ1v) is 38.5. The monoisotopic (exact) mass is 1220 g/mol. The summed E-state index contributed by atoms with van der Waals surface area (Å²) in [6, 6.07) is -0.873. The molecule has 9 heteroatoms. The molecule has 3 unspecified atom stereocenters. The number of nitrogens with zero attached hydrogens (tertiary/aromatic N) is 1. The fourth-order valence-corrected chi connectivity index (χ4v) is 11.6. The molecule has 0 saturated carbocycles. The maximum atomic E-state index is 13.1. The molecule has 0 heterocycles. The van der Waals surface area contributed by atoms with Gasteiger partial charge in [0.05, 0.1) is 39.9 Å². The highest BCUT2D eigenvalue weighted by atomic mass is 31.2. The summed E-state index contributed by atoms with van der Waals surface area (Å²) in [5, 5.41) is 14.0. The largest absolute Gasteiger partial charge is 0.472 e. The molecule has 86 heavy (non-hydrogen) atoms. The number of unbranched alkanes of at least 4 members (excludes halogenated alkanes) is 43. The Balaban J connectivity index is 4.00. The van der Waals surface area contributed by atoms with Crippen molar-refractivity contribution in [1.82, 2.24) is 5.32 Å². The Morgan fingerprint density at radius 3 is 1.07 bits per heavy atom. The molecule has 0 fully saturated rings. The Hall–Kier alpha value is -2.32. The quantitative estimate of drug-likeness (QED) is 0.0243. The van der Waals surface area contributed by atoms with Crippen molar-refractivity contribution in [3.8, 4) is 0 Å². The summed E-state index contributed by atoms with van der Waals surface area (Å²) < 4.78 is 23.8. The summed E-state index contributed by atoms with van der Waals surface area (Å²) in [4.78, 5) is 23.4. The third-order valence-corrected chi connectivity index (χ3v) is 17.6. The zero-order valence-corrected chi connectivity index (χ0v) is 58.4. The Morgan fingerprint density at radius 1 is 0.407 bits per heavy atom. The van der Waals surface area contributed by atoms with Crippen molar-refractivity contribution in [1.29, 1.82) is 0 Å². The zero-order chi connectivity index (χ0) is 62.6. The molecule has 8 nitrogen and oxygen atoms in total. The van der Waals surface area contributed by atoms with Gasteiger partial charge in [-0.1, -0.05) is 343 Å². The average Bonchev–Trinajstić information content (AvgIpc) is 3.70. The summed E-state index contributed by atoms with van der Waals surface area (Å²) in [5.74, 6) is -0.186. The van der Waals surface area contributed by atoms with Crippen LogP contribution >= 0.6 is 7.82 Å². The Kier molecular flexibility index (Phi) is 65.3. The second-order valence-corrected chi connectivity index (χ2v) is 27.7. The Bertz CT molecular complexity index is 1680. The second-order valence-electron chi connectivity index (χ2n) is 26.3. The summed E-state index contributed by atoms with van der Waals surface area (Å²) in [6.07, 6.45) is 96.2. The van der Waals surface area contributed by atoms with Crippen LogP contribution < -0.4 is 5.32 Å². The normalized spacial score (nSPS) is 14.1. The van der Waals surface area contributed by atoms with Crippen LogP contribution in [0, 0.1) is 0 Å². The standard InChI is InChI=1S/C77H143N2O6P/c1-6-8-10-12-14-16-18-20-22-24-26-28-30-32-33-34-35-36-37-38-39-40-41-42-43-44-45-47-49-51-53-55-57-59-61-63-65-67-69-71-77(81)78-75(74-85-86(82,83)84-73-72-79(3,4)5)76(80)70-68-66-64-62-60-58-56-54-52-50-48-46-31-29-27-25-23-21-19-17-15-13-11-9-7-2/h8,10,14,16,20,22,26,28,52,54,60,62,68,70,75-76,80H,6-7,9,11-13,15,17-19,21,23-25,27,29-51,53,55-59,61,63-67,69,71-74H2,1-5H3,(H-,78,81,82,83)/p+1/b10-8-,16-14-,22-20-,28-26-,54-52+,62-60+,70-68+. The lowest BCUT2D eigenvalue weighted by atomic mass is 10.0. The van der Waals surface area contributed by atoms with E-state index < -0.39 is 20.0 Å². The Labute approximate surface area is 535 Å². The van der Waals surface area contributed by atoms with E-state index in [1.165, 1.54) is 257 Å². The molecular formula is C77H144N2O6P+. The molecule has 0 aliphatic carbocycles. The number of hydrogen-bond acceptors (Lipinski definition) is 5. The van der Waals surface area contributed by atoms with Crippen LogP contribution in [0.4, 0.5) is 0 Å². The highest BCUT2D eigenvalue weighted by molar-refractivity contribution is 7.47. The number of aliphatic hydroxyl groups is 1. The van der Waals surface area contributed by atoms with Crippen LogP contribution in [0.1, 0.15) is 348 Å². The van der Waals surface area contributed by atoms with Gasteiger partial charge in [0.25, 0.3) is 0 Å². The van der Waals surface area contributed by atoms with Crippen molar-refractivity contribution in [3.05, 3.63) is 85.1 Å². The molecule has 3 N–H and O–H groups in total. The molecule has 0 aromatic carbocycles. The highest BCUT2D eigenvalue weighted by Crippen LogP contribution is 2.43. The van der Waals surface area contributed by atoms with E-state index in [1.807, 2.05) is 27.2 Å². The van der Waals surface area contributed by atoms with Gasteiger partial charge in [-0.25, -0.2) is 4.57 Å². The maximum absolute atomic E-state index is 13.1. The van der Waals surface area contributed by atoms with Crippen LogP contribution in [0.15, 0.2) is 85.1 Å².